The molecule has 2 rings (SSSR count). The number of anilines is 1. The van der Waals surface area contributed by atoms with E-state index in [4.69, 9.17) is 19.2 Å². The molecule has 0 unspecified atom stereocenters. The lowest BCUT2D eigenvalue weighted by Crippen LogP contribution is -2.14. The summed E-state index contributed by atoms with van der Waals surface area (Å²) in [6.45, 7) is 2.47. The van der Waals surface area contributed by atoms with Crippen molar-refractivity contribution in [2.45, 2.75) is 6.92 Å². The molecule has 22 heavy (non-hydrogen) atoms. The molecule has 0 saturated heterocycles. The number of furan rings is 1. The van der Waals surface area contributed by atoms with Gasteiger partial charge in [0, 0.05) is 7.11 Å². The minimum atomic E-state index is -0.321. The number of hydrogen-bond donors (Lipinski definition) is 1. The molecule has 0 aliphatic heterocycles. The number of carbonyl (C=O) groups is 1. The minimum Gasteiger partial charge on any atom is -0.489 e. The molecule has 0 aliphatic carbocycles. The Morgan fingerprint density at radius 3 is 2.82 bits per heavy atom. The van der Waals surface area contributed by atoms with Crippen LogP contribution in [-0.4, -0.2) is 26.2 Å². The number of nitriles is 1. The van der Waals surface area contributed by atoms with Crippen molar-refractivity contribution in [1.82, 2.24) is 0 Å². The van der Waals surface area contributed by atoms with Crippen LogP contribution >= 0.6 is 0 Å². The van der Waals surface area contributed by atoms with Crippen LogP contribution in [-0.2, 0) is 4.74 Å². The maximum Gasteiger partial charge on any atom is 0.259 e. The van der Waals surface area contributed by atoms with Crippen molar-refractivity contribution < 1.29 is 18.7 Å². The summed E-state index contributed by atoms with van der Waals surface area (Å²) >= 11 is 0. The molecule has 0 spiro atoms. The van der Waals surface area contributed by atoms with E-state index in [0.29, 0.717) is 41.5 Å². The van der Waals surface area contributed by atoms with Crippen LogP contribution in [0.1, 0.15) is 21.7 Å². The Balaban J connectivity index is 2.22. The number of aryl methyl sites for hydroxylation is 1. The predicted molar refractivity (Wildman–Crippen MR) is 79.9 cm³/mol. The predicted octanol–water partition coefficient (Wildman–Crippen LogP) is 2.74. The van der Waals surface area contributed by atoms with Crippen LogP contribution in [0.2, 0.25) is 0 Å². The second-order valence-electron chi connectivity index (χ2n) is 4.51. The maximum absolute atomic E-state index is 12.2. The summed E-state index contributed by atoms with van der Waals surface area (Å²) in [7, 11) is 1.58. The van der Waals surface area contributed by atoms with E-state index in [9.17, 15) is 4.79 Å². The van der Waals surface area contributed by atoms with E-state index in [-0.39, 0.29) is 5.91 Å². The molecule has 1 aromatic heterocycles. The highest BCUT2D eigenvalue weighted by atomic mass is 16.5. The van der Waals surface area contributed by atoms with E-state index < -0.39 is 0 Å². The zero-order chi connectivity index (χ0) is 15.9. The molecule has 2 aromatic rings. The third-order valence-electron chi connectivity index (χ3n) is 3.01. The minimum absolute atomic E-state index is 0.321. The summed E-state index contributed by atoms with van der Waals surface area (Å²) in [6.07, 6.45) is 1.45. The summed E-state index contributed by atoms with van der Waals surface area (Å²) in [5, 5.41) is 11.7. The Hall–Kier alpha value is -2.78. The average Bonchev–Trinajstić information content (AvgIpc) is 2.95. The molecule has 0 aliphatic rings. The van der Waals surface area contributed by atoms with Crippen LogP contribution in [0.25, 0.3) is 0 Å². The zero-order valence-corrected chi connectivity index (χ0v) is 12.4. The standard InChI is InChI=1S/C16H16N2O4/c1-11-13(5-6-21-11)16(19)18-14-9-12(10-17)3-4-15(14)22-8-7-20-2/h3-6,9H,7-8H2,1-2H3,(H,18,19). The molecule has 0 radical (unpaired) electrons. The van der Waals surface area contributed by atoms with Gasteiger partial charge in [0.25, 0.3) is 5.91 Å². The van der Waals surface area contributed by atoms with Crippen molar-refractivity contribution in [3.63, 3.8) is 0 Å². The first-order chi connectivity index (χ1) is 10.7. The highest BCUT2D eigenvalue weighted by Gasteiger charge is 2.14. The fourth-order valence-corrected chi connectivity index (χ4v) is 1.87. The third-order valence-corrected chi connectivity index (χ3v) is 3.01. The number of methoxy groups -OCH3 is 1. The molecular formula is C16H16N2O4. The van der Waals surface area contributed by atoms with Crippen molar-refractivity contribution >= 4 is 11.6 Å². The van der Waals surface area contributed by atoms with Gasteiger partial charge in [-0.15, -0.1) is 0 Å². The molecule has 0 saturated carbocycles. The third kappa shape index (κ3) is 3.65. The Morgan fingerprint density at radius 2 is 2.18 bits per heavy atom. The largest absolute Gasteiger partial charge is 0.489 e. The molecule has 0 bridgehead atoms. The van der Waals surface area contributed by atoms with Gasteiger partial charge in [0.05, 0.1) is 35.8 Å². The lowest BCUT2D eigenvalue weighted by molar-refractivity contribution is 0.102. The van der Waals surface area contributed by atoms with Gasteiger partial charge in [0.1, 0.15) is 18.1 Å². The second-order valence-corrected chi connectivity index (χ2v) is 4.51. The fourth-order valence-electron chi connectivity index (χ4n) is 1.87. The van der Waals surface area contributed by atoms with Gasteiger partial charge in [-0.2, -0.15) is 5.26 Å². The van der Waals surface area contributed by atoms with Crippen molar-refractivity contribution in [3.05, 3.63) is 47.4 Å². The maximum atomic E-state index is 12.2. The van der Waals surface area contributed by atoms with Gasteiger partial charge in [-0.05, 0) is 31.2 Å². The van der Waals surface area contributed by atoms with Crippen molar-refractivity contribution in [1.29, 1.82) is 5.26 Å². The van der Waals surface area contributed by atoms with Crippen LogP contribution in [0.5, 0.6) is 5.75 Å². The Morgan fingerprint density at radius 1 is 1.36 bits per heavy atom. The molecule has 1 heterocycles. The van der Waals surface area contributed by atoms with Crippen LogP contribution in [0, 0.1) is 18.3 Å². The Labute approximate surface area is 128 Å². The molecule has 0 fully saturated rings. The zero-order valence-electron chi connectivity index (χ0n) is 12.4. The van der Waals surface area contributed by atoms with Gasteiger partial charge in [0.15, 0.2) is 0 Å². The normalized spacial score (nSPS) is 10.0. The second kappa shape index (κ2) is 7.29. The van der Waals surface area contributed by atoms with Crippen LogP contribution < -0.4 is 10.1 Å². The Kier molecular flexibility index (Phi) is 5.17. The molecular weight excluding hydrogens is 284 g/mol. The number of benzene rings is 1. The lowest BCUT2D eigenvalue weighted by atomic mass is 10.2. The lowest BCUT2D eigenvalue weighted by Gasteiger charge is -2.12. The van der Waals surface area contributed by atoms with Crippen molar-refractivity contribution in [2.75, 3.05) is 25.6 Å². The molecule has 6 heteroatoms. The van der Waals surface area contributed by atoms with Gasteiger partial charge in [-0.1, -0.05) is 0 Å². The molecule has 1 aromatic carbocycles. The first-order valence-corrected chi connectivity index (χ1v) is 6.67. The van der Waals surface area contributed by atoms with Crippen LogP contribution in [0.15, 0.2) is 34.9 Å². The number of carbonyl (C=O) groups excluding carboxylic acids is 1. The molecule has 0 atom stereocenters. The number of nitrogens with one attached hydrogen (secondary N) is 1. The monoisotopic (exact) mass is 300 g/mol. The van der Waals surface area contributed by atoms with Gasteiger partial charge in [0.2, 0.25) is 0 Å². The summed E-state index contributed by atoms with van der Waals surface area (Å²) in [6, 6.07) is 8.45. The molecule has 1 N–H and O–H groups in total. The van der Waals surface area contributed by atoms with Crippen molar-refractivity contribution in [2.24, 2.45) is 0 Å². The average molecular weight is 300 g/mol. The topological polar surface area (TPSA) is 84.5 Å². The molecule has 6 nitrogen and oxygen atoms in total. The number of amides is 1. The Bertz CT molecular complexity index is 700. The van der Waals surface area contributed by atoms with E-state index in [1.807, 2.05) is 6.07 Å². The smallest absolute Gasteiger partial charge is 0.259 e. The van der Waals surface area contributed by atoms with Crippen LogP contribution in [0.4, 0.5) is 5.69 Å². The quantitative estimate of drug-likeness (QED) is 0.829. The van der Waals surface area contributed by atoms with E-state index in [1.54, 1.807) is 38.3 Å². The number of rotatable bonds is 6. The highest BCUT2D eigenvalue weighted by Crippen LogP contribution is 2.26. The summed E-state index contributed by atoms with van der Waals surface area (Å²) < 4.78 is 15.6. The van der Waals surface area contributed by atoms with E-state index in [1.165, 1.54) is 6.26 Å². The van der Waals surface area contributed by atoms with Crippen molar-refractivity contribution in [3.8, 4) is 11.8 Å². The first-order valence-electron chi connectivity index (χ1n) is 6.67. The van der Waals surface area contributed by atoms with Gasteiger partial charge in [-0.25, -0.2) is 0 Å². The van der Waals surface area contributed by atoms with E-state index in [0.717, 1.165) is 0 Å². The number of ether oxygens (including phenoxy) is 2. The van der Waals surface area contributed by atoms with Gasteiger partial charge < -0.3 is 19.2 Å². The fraction of sp³-hybridized carbons (Fsp3) is 0.250. The number of nitrogens with zero attached hydrogens (tertiary/aromatic N) is 1. The van der Waals surface area contributed by atoms with Gasteiger partial charge in [-0.3, -0.25) is 4.79 Å². The highest BCUT2D eigenvalue weighted by molar-refractivity contribution is 6.05. The molecule has 114 valence electrons. The first kappa shape index (κ1) is 15.6. The summed E-state index contributed by atoms with van der Waals surface area (Å²) in [5.41, 5.74) is 1.30. The molecule has 1 amide bonds. The van der Waals surface area contributed by atoms with Gasteiger partial charge >= 0.3 is 0 Å². The summed E-state index contributed by atoms with van der Waals surface area (Å²) in [4.78, 5) is 12.2. The SMILES string of the molecule is COCCOc1ccc(C#N)cc1NC(=O)c1ccoc1C. The van der Waals surface area contributed by atoms with E-state index >= 15 is 0 Å². The number of hydrogen-bond acceptors (Lipinski definition) is 5. The summed E-state index contributed by atoms with van der Waals surface area (Å²) in [5.74, 6) is 0.680. The van der Waals surface area contributed by atoms with E-state index in [2.05, 4.69) is 5.32 Å². The van der Waals surface area contributed by atoms with Crippen LogP contribution in [0.3, 0.4) is 0 Å².